The minimum absolute atomic E-state index is 0. The van der Waals surface area contributed by atoms with Crippen LogP contribution in [-0.4, -0.2) is 60.6 Å². The van der Waals surface area contributed by atoms with Crippen LogP contribution in [0.15, 0.2) is 46.2 Å². The number of rotatable bonds is 16. The van der Waals surface area contributed by atoms with Gasteiger partial charge >= 0.3 is 0 Å². The number of unbranched alkanes of at least 4 members (excludes halogenated alkanes) is 2. The lowest BCUT2D eigenvalue weighted by Crippen LogP contribution is -2.24. The van der Waals surface area contributed by atoms with E-state index < -0.39 is 0 Å². The number of hydrogen-bond acceptors (Lipinski definition) is 5. The lowest BCUT2D eigenvalue weighted by molar-refractivity contribution is 0.0970. The molecule has 0 spiro atoms. The Kier molecular flexibility index (Phi) is 16.5. The molecule has 0 radical (unpaired) electrons. The summed E-state index contributed by atoms with van der Waals surface area (Å²) in [5.74, 6) is 0.476. The van der Waals surface area contributed by atoms with Gasteiger partial charge in [-0.15, -0.1) is 24.8 Å². The summed E-state index contributed by atoms with van der Waals surface area (Å²) >= 11 is 1.75. The molecule has 38 heavy (non-hydrogen) atoms. The van der Waals surface area contributed by atoms with E-state index >= 15 is 0 Å². The molecule has 1 aliphatic rings. The number of benzene rings is 2. The summed E-state index contributed by atoms with van der Waals surface area (Å²) in [7, 11) is 0. The molecule has 7 heteroatoms. The van der Waals surface area contributed by atoms with Crippen molar-refractivity contribution in [3.05, 3.63) is 58.7 Å². The lowest BCUT2D eigenvalue weighted by atomic mass is 9.96. The summed E-state index contributed by atoms with van der Waals surface area (Å²) in [5.41, 5.74) is 4.04. The van der Waals surface area contributed by atoms with Crippen LogP contribution in [0.1, 0.15) is 98.1 Å². The van der Waals surface area contributed by atoms with Crippen LogP contribution < -0.4 is 0 Å². The molecule has 0 aliphatic carbocycles. The zero-order valence-corrected chi connectivity index (χ0v) is 26.0. The van der Waals surface area contributed by atoms with Gasteiger partial charge in [0.2, 0.25) is 0 Å². The molecular formula is C31H46Cl2N2O2S. The number of ketones is 2. The van der Waals surface area contributed by atoms with Gasteiger partial charge in [-0.25, -0.2) is 0 Å². The van der Waals surface area contributed by atoms with E-state index in [2.05, 4.69) is 61.8 Å². The molecule has 2 aromatic carbocycles. The number of halogens is 2. The maximum absolute atomic E-state index is 12.8. The molecule has 2 aromatic rings. The second kappa shape index (κ2) is 18.1. The van der Waals surface area contributed by atoms with Gasteiger partial charge in [-0.3, -0.25) is 9.59 Å². The second-order valence-corrected chi connectivity index (χ2v) is 10.8. The molecule has 0 N–H and O–H groups in total. The normalized spacial score (nSPS) is 11.9. The Balaban J connectivity index is 0.00000361. The average molecular weight is 582 g/mol. The van der Waals surface area contributed by atoms with Crippen LogP contribution in [-0.2, 0) is 6.42 Å². The lowest BCUT2D eigenvalue weighted by Gasteiger charge is -2.20. The van der Waals surface area contributed by atoms with E-state index in [0.29, 0.717) is 12.8 Å². The Hall–Kier alpha value is -1.37. The van der Waals surface area contributed by atoms with Crippen LogP contribution in [0.2, 0.25) is 0 Å². The Morgan fingerprint density at radius 3 is 1.42 bits per heavy atom. The number of hydrogen-bond donors (Lipinski definition) is 0. The fourth-order valence-electron chi connectivity index (χ4n) is 4.92. The quantitative estimate of drug-likeness (QED) is 0.127. The highest BCUT2D eigenvalue weighted by atomic mass is 35.5. The maximum atomic E-state index is 12.8. The van der Waals surface area contributed by atoms with Crippen LogP contribution >= 0.6 is 36.6 Å². The summed E-state index contributed by atoms with van der Waals surface area (Å²) in [6.45, 7) is 15.1. The first kappa shape index (κ1) is 34.7. The Morgan fingerprint density at radius 2 is 1.05 bits per heavy atom. The van der Waals surface area contributed by atoms with E-state index in [-0.39, 0.29) is 36.4 Å². The van der Waals surface area contributed by atoms with E-state index in [1.807, 2.05) is 12.1 Å². The van der Waals surface area contributed by atoms with Crippen LogP contribution in [0.3, 0.4) is 0 Å². The number of carbonyl (C=O) groups is 2. The Morgan fingerprint density at radius 1 is 0.658 bits per heavy atom. The van der Waals surface area contributed by atoms with Gasteiger partial charge in [0.25, 0.3) is 0 Å². The van der Waals surface area contributed by atoms with Gasteiger partial charge in [-0.1, -0.05) is 51.6 Å². The smallest absolute Gasteiger partial charge is 0.162 e. The van der Waals surface area contributed by atoms with Crippen molar-refractivity contribution in [1.29, 1.82) is 0 Å². The van der Waals surface area contributed by atoms with Crippen LogP contribution in [0.25, 0.3) is 0 Å². The van der Waals surface area contributed by atoms with Crippen molar-refractivity contribution in [2.24, 2.45) is 0 Å². The van der Waals surface area contributed by atoms with Crippen molar-refractivity contribution in [2.75, 3.05) is 39.3 Å². The first-order chi connectivity index (χ1) is 17.5. The molecule has 0 aromatic heterocycles. The summed E-state index contributed by atoms with van der Waals surface area (Å²) in [6, 6.07) is 12.3. The molecule has 1 aliphatic heterocycles. The van der Waals surface area contributed by atoms with Crippen molar-refractivity contribution in [3.63, 3.8) is 0 Å². The van der Waals surface area contributed by atoms with Gasteiger partial charge in [-0.2, -0.15) is 0 Å². The summed E-state index contributed by atoms with van der Waals surface area (Å²) < 4.78 is 0. The zero-order chi connectivity index (χ0) is 25.9. The second-order valence-electron chi connectivity index (χ2n) is 9.74. The number of carbonyl (C=O) groups excluding carboxylic acids is 2. The SMILES string of the molecule is CCN(CC)CCCCC(=O)c1ccc2c(c1)Cc1cc(C(=O)CCCCN(CC)CC)ccc1S2.Cl.Cl. The third-order valence-electron chi connectivity index (χ3n) is 7.41. The summed E-state index contributed by atoms with van der Waals surface area (Å²) in [4.78, 5) is 32.9. The maximum Gasteiger partial charge on any atom is 0.162 e. The third-order valence-corrected chi connectivity index (χ3v) is 8.65. The minimum Gasteiger partial charge on any atom is -0.304 e. The summed E-state index contributed by atoms with van der Waals surface area (Å²) in [6.07, 6.45) is 5.99. The molecule has 0 amide bonds. The topological polar surface area (TPSA) is 40.6 Å². The molecule has 0 bridgehead atoms. The van der Waals surface area contributed by atoms with E-state index in [1.54, 1.807) is 11.8 Å². The minimum atomic E-state index is 0. The fourth-order valence-corrected chi connectivity index (χ4v) is 5.95. The van der Waals surface area contributed by atoms with Gasteiger partial charge in [0.15, 0.2) is 11.6 Å². The van der Waals surface area contributed by atoms with Gasteiger partial charge in [0.1, 0.15) is 0 Å². The van der Waals surface area contributed by atoms with Gasteiger partial charge < -0.3 is 9.80 Å². The Bertz CT molecular complexity index is 943. The number of nitrogens with zero attached hydrogens (tertiary/aromatic N) is 2. The summed E-state index contributed by atoms with van der Waals surface area (Å²) in [5, 5.41) is 0. The number of Topliss-reactive ketones (excluding diaryl/α,β-unsaturated/α-hetero) is 2. The van der Waals surface area contributed by atoms with Gasteiger partial charge in [-0.05, 0) is 107 Å². The van der Waals surface area contributed by atoms with Crippen molar-refractivity contribution in [3.8, 4) is 0 Å². The molecule has 0 saturated heterocycles. The molecule has 1 heterocycles. The standard InChI is InChI=1S/C31H44N2O2S.2ClH/c1-5-32(6-2)19-11-9-13-28(34)24-15-17-30-26(21-24)23-27-22-25(16-18-31(27)36-30)29(35)14-10-12-20-33(7-3)8-4;;/h15-18,21-22H,5-14,19-20,23H2,1-4H3;2*1H. The monoisotopic (exact) mass is 580 g/mol. The zero-order valence-electron chi connectivity index (χ0n) is 23.6. The predicted octanol–water partition coefficient (Wildman–Crippen LogP) is 7.98. The third kappa shape index (κ3) is 9.98. The highest BCUT2D eigenvalue weighted by molar-refractivity contribution is 7.99. The first-order valence-corrected chi connectivity index (χ1v) is 14.7. The van der Waals surface area contributed by atoms with Crippen molar-refractivity contribution >= 4 is 48.1 Å². The fraction of sp³-hybridized carbons (Fsp3) is 0.548. The molecule has 0 unspecified atom stereocenters. The van der Waals surface area contributed by atoms with Crippen molar-refractivity contribution < 1.29 is 9.59 Å². The van der Waals surface area contributed by atoms with Crippen molar-refractivity contribution in [1.82, 2.24) is 9.80 Å². The van der Waals surface area contributed by atoms with Gasteiger partial charge in [0.05, 0.1) is 0 Å². The molecule has 0 fully saturated rings. The largest absolute Gasteiger partial charge is 0.304 e. The van der Waals surface area contributed by atoms with Crippen LogP contribution in [0.5, 0.6) is 0 Å². The van der Waals surface area contributed by atoms with Crippen molar-refractivity contribution in [2.45, 2.75) is 82.4 Å². The highest BCUT2D eigenvalue weighted by Gasteiger charge is 2.19. The predicted molar refractivity (Wildman–Crippen MR) is 166 cm³/mol. The number of fused-ring (bicyclic) bond motifs is 2. The molecule has 3 rings (SSSR count). The van der Waals surface area contributed by atoms with E-state index in [0.717, 1.165) is 82.5 Å². The highest BCUT2D eigenvalue weighted by Crippen LogP contribution is 2.40. The van der Waals surface area contributed by atoms with Crippen LogP contribution in [0, 0.1) is 0 Å². The van der Waals surface area contributed by atoms with E-state index in [4.69, 9.17) is 0 Å². The first-order valence-electron chi connectivity index (χ1n) is 13.9. The molecule has 212 valence electrons. The average Bonchev–Trinajstić information content (AvgIpc) is 2.91. The molecule has 0 saturated carbocycles. The van der Waals surface area contributed by atoms with Gasteiger partial charge in [0, 0.05) is 33.8 Å². The molecule has 4 nitrogen and oxygen atoms in total. The van der Waals surface area contributed by atoms with E-state index in [9.17, 15) is 9.59 Å². The van der Waals surface area contributed by atoms with Crippen LogP contribution in [0.4, 0.5) is 0 Å². The molecular weight excluding hydrogens is 535 g/mol. The Labute approximate surface area is 247 Å². The molecule has 0 atom stereocenters. The van der Waals surface area contributed by atoms with E-state index in [1.165, 1.54) is 20.9 Å².